The number of fused-ring (bicyclic) bond motifs is 1. The first-order valence-corrected chi connectivity index (χ1v) is 5.05. The van der Waals surface area contributed by atoms with Crippen molar-refractivity contribution in [3.05, 3.63) is 41.1 Å². The van der Waals surface area contributed by atoms with Crippen LogP contribution in [0, 0.1) is 11.6 Å². The lowest BCUT2D eigenvalue weighted by molar-refractivity contribution is 0.0594. The third-order valence-electron chi connectivity index (χ3n) is 2.48. The molecule has 0 saturated heterocycles. The fraction of sp³-hybridized carbons (Fsp3) is 0.0833. The van der Waals surface area contributed by atoms with Gasteiger partial charge in [-0.3, -0.25) is 0 Å². The molecule has 1 heterocycles. The maximum Gasteiger partial charge on any atom is 0.356 e. The topological polar surface area (TPSA) is 76.5 Å². The van der Waals surface area contributed by atoms with Crippen LogP contribution in [0.1, 0.15) is 20.8 Å². The van der Waals surface area contributed by atoms with E-state index in [9.17, 15) is 18.4 Å². The first-order chi connectivity index (χ1) is 8.93. The summed E-state index contributed by atoms with van der Waals surface area (Å²) >= 11 is 0. The lowest BCUT2D eigenvalue weighted by Gasteiger charge is -2.06. The van der Waals surface area contributed by atoms with Gasteiger partial charge in [0.2, 0.25) is 0 Å². The Morgan fingerprint density at radius 1 is 1.21 bits per heavy atom. The van der Waals surface area contributed by atoms with Crippen molar-refractivity contribution in [3.63, 3.8) is 0 Å². The van der Waals surface area contributed by atoms with Gasteiger partial charge in [0, 0.05) is 11.5 Å². The Hall–Kier alpha value is -2.57. The van der Waals surface area contributed by atoms with E-state index in [1.165, 1.54) is 0 Å². The van der Waals surface area contributed by atoms with Gasteiger partial charge in [0.25, 0.3) is 0 Å². The summed E-state index contributed by atoms with van der Waals surface area (Å²) in [5.41, 5.74) is -0.790. The number of hydrogen-bond donors (Lipinski definition) is 1. The summed E-state index contributed by atoms with van der Waals surface area (Å²) in [6.07, 6.45) is 0. The second-order valence-electron chi connectivity index (χ2n) is 3.64. The third kappa shape index (κ3) is 2.22. The smallest absolute Gasteiger partial charge is 0.356 e. The van der Waals surface area contributed by atoms with E-state index in [0.29, 0.717) is 0 Å². The van der Waals surface area contributed by atoms with Crippen LogP contribution in [0.25, 0.3) is 10.9 Å². The van der Waals surface area contributed by atoms with Crippen molar-refractivity contribution >= 4 is 22.8 Å². The van der Waals surface area contributed by atoms with Crippen molar-refractivity contribution in [2.24, 2.45) is 0 Å². The number of esters is 1. The highest BCUT2D eigenvalue weighted by atomic mass is 19.2. The molecule has 7 heteroatoms. The average molecular weight is 267 g/mol. The van der Waals surface area contributed by atoms with Gasteiger partial charge < -0.3 is 9.84 Å². The zero-order chi connectivity index (χ0) is 14.2. The lowest BCUT2D eigenvalue weighted by Crippen LogP contribution is -2.08. The predicted molar refractivity (Wildman–Crippen MR) is 60.0 cm³/mol. The number of benzene rings is 1. The highest BCUT2D eigenvalue weighted by Gasteiger charge is 2.18. The molecule has 0 aliphatic heterocycles. The molecular weight excluding hydrogens is 260 g/mol. The number of ether oxygens (including phenoxy) is 1. The minimum absolute atomic E-state index is 0.0981. The van der Waals surface area contributed by atoms with Crippen LogP contribution in [0.4, 0.5) is 8.78 Å². The molecule has 0 amide bonds. The van der Waals surface area contributed by atoms with E-state index in [-0.39, 0.29) is 22.2 Å². The Bertz CT molecular complexity index is 700. The minimum atomic E-state index is -1.39. The molecule has 2 rings (SSSR count). The SMILES string of the molecule is COC(=O)c1cc(C(=O)O)c2cc(F)c(F)cc2n1. The second kappa shape index (κ2) is 4.60. The van der Waals surface area contributed by atoms with Crippen LogP contribution in [0.5, 0.6) is 0 Å². The fourth-order valence-electron chi connectivity index (χ4n) is 1.61. The average Bonchev–Trinajstić information content (AvgIpc) is 2.37. The van der Waals surface area contributed by atoms with E-state index in [0.717, 1.165) is 25.3 Å². The maximum atomic E-state index is 13.1. The number of methoxy groups -OCH3 is 1. The van der Waals surface area contributed by atoms with Crippen LogP contribution in [0.15, 0.2) is 18.2 Å². The zero-order valence-electron chi connectivity index (χ0n) is 9.61. The molecule has 0 bridgehead atoms. The second-order valence-corrected chi connectivity index (χ2v) is 3.64. The number of hydrogen-bond acceptors (Lipinski definition) is 4. The van der Waals surface area contributed by atoms with Crippen molar-refractivity contribution in [2.75, 3.05) is 7.11 Å². The highest BCUT2D eigenvalue weighted by Crippen LogP contribution is 2.22. The van der Waals surface area contributed by atoms with Gasteiger partial charge in [0.05, 0.1) is 18.2 Å². The molecule has 5 nitrogen and oxygen atoms in total. The van der Waals surface area contributed by atoms with Crippen LogP contribution in [-0.4, -0.2) is 29.1 Å². The van der Waals surface area contributed by atoms with Crippen molar-refractivity contribution in [2.45, 2.75) is 0 Å². The first-order valence-electron chi connectivity index (χ1n) is 5.05. The summed E-state index contributed by atoms with van der Waals surface area (Å²) in [5.74, 6) is -4.63. The Kier molecular flexibility index (Phi) is 3.12. The number of aromatic nitrogens is 1. The van der Waals surface area contributed by atoms with E-state index in [4.69, 9.17) is 5.11 Å². The molecule has 19 heavy (non-hydrogen) atoms. The number of pyridine rings is 1. The van der Waals surface area contributed by atoms with Crippen LogP contribution in [0.3, 0.4) is 0 Å². The molecule has 0 fully saturated rings. The number of carboxylic acids is 1. The van der Waals surface area contributed by atoms with Crippen LogP contribution in [-0.2, 0) is 4.74 Å². The number of aromatic carboxylic acids is 1. The van der Waals surface area contributed by atoms with Crippen molar-refractivity contribution in [1.82, 2.24) is 4.98 Å². The van der Waals surface area contributed by atoms with Gasteiger partial charge in [-0.25, -0.2) is 23.4 Å². The van der Waals surface area contributed by atoms with E-state index in [1.54, 1.807) is 0 Å². The summed E-state index contributed by atoms with van der Waals surface area (Å²) in [4.78, 5) is 26.2. The normalized spacial score (nSPS) is 10.5. The van der Waals surface area contributed by atoms with Crippen LogP contribution >= 0.6 is 0 Å². The number of rotatable bonds is 2. The summed E-state index contributed by atoms with van der Waals surface area (Å²) in [6, 6.07) is 2.40. The van der Waals surface area contributed by atoms with Crippen LogP contribution in [0.2, 0.25) is 0 Å². The monoisotopic (exact) mass is 267 g/mol. The molecule has 0 unspecified atom stereocenters. The Morgan fingerprint density at radius 2 is 1.84 bits per heavy atom. The van der Waals surface area contributed by atoms with Gasteiger partial charge in [0.15, 0.2) is 11.6 Å². The van der Waals surface area contributed by atoms with Gasteiger partial charge in [0.1, 0.15) is 5.69 Å². The molecule has 0 spiro atoms. The van der Waals surface area contributed by atoms with E-state index < -0.39 is 23.6 Å². The third-order valence-corrected chi connectivity index (χ3v) is 2.48. The van der Waals surface area contributed by atoms with Crippen LogP contribution < -0.4 is 0 Å². The Labute approximate surface area is 105 Å². The Morgan fingerprint density at radius 3 is 2.42 bits per heavy atom. The lowest BCUT2D eigenvalue weighted by atomic mass is 10.1. The number of halogens is 2. The van der Waals surface area contributed by atoms with E-state index >= 15 is 0 Å². The predicted octanol–water partition coefficient (Wildman–Crippen LogP) is 2.00. The minimum Gasteiger partial charge on any atom is -0.478 e. The molecule has 0 saturated carbocycles. The molecule has 0 aliphatic rings. The summed E-state index contributed by atoms with van der Waals surface area (Å²) in [7, 11) is 1.10. The molecule has 98 valence electrons. The Balaban J connectivity index is 2.83. The molecule has 1 N–H and O–H groups in total. The van der Waals surface area contributed by atoms with Gasteiger partial charge >= 0.3 is 11.9 Å². The summed E-state index contributed by atoms with van der Waals surface area (Å²) in [5, 5.41) is 8.93. The molecule has 0 atom stereocenters. The van der Waals surface area contributed by atoms with Crippen molar-refractivity contribution in [3.8, 4) is 0 Å². The summed E-state index contributed by atoms with van der Waals surface area (Å²) < 4.78 is 30.7. The molecule has 0 radical (unpaired) electrons. The standard InChI is InChI=1S/C12H7F2NO4/c1-19-12(18)10-3-6(11(16)17)5-2-7(13)8(14)4-9(5)15-10/h2-4H,1H3,(H,16,17). The first kappa shape index (κ1) is 12.9. The zero-order valence-corrected chi connectivity index (χ0v) is 9.61. The molecular formula is C12H7F2NO4. The van der Waals surface area contributed by atoms with Gasteiger partial charge in [-0.05, 0) is 12.1 Å². The maximum absolute atomic E-state index is 13.1. The molecule has 0 aliphatic carbocycles. The molecule has 2 aromatic rings. The number of carbonyl (C=O) groups is 2. The van der Waals surface area contributed by atoms with E-state index in [1.807, 2.05) is 0 Å². The fourth-order valence-corrected chi connectivity index (χ4v) is 1.61. The largest absolute Gasteiger partial charge is 0.478 e. The molecule has 1 aromatic heterocycles. The quantitative estimate of drug-likeness (QED) is 0.842. The van der Waals surface area contributed by atoms with Gasteiger partial charge in [-0.15, -0.1) is 0 Å². The van der Waals surface area contributed by atoms with Gasteiger partial charge in [-0.1, -0.05) is 0 Å². The van der Waals surface area contributed by atoms with Gasteiger partial charge in [-0.2, -0.15) is 0 Å². The van der Waals surface area contributed by atoms with E-state index in [2.05, 4.69) is 9.72 Å². The molecule has 1 aromatic carbocycles. The van der Waals surface area contributed by atoms with Crippen molar-refractivity contribution < 1.29 is 28.2 Å². The number of carbonyl (C=O) groups excluding carboxylic acids is 1. The number of nitrogens with zero attached hydrogens (tertiary/aromatic N) is 1. The highest BCUT2D eigenvalue weighted by molar-refractivity contribution is 6.05. The number of carboxylic acid groups (broad SMARTS) is 1. The van der Waals surface area contributed by atoms with Crippen molar-refractivity contribution in [1.29, 1.82) is 0 Å². The summed E-state index contributed by atoms with van der Waals surface area (Å²) in [6.45, 7) is 0.